The van der Waals surface area contributed by atoms with E-state index in [2.05, 4.69) is 13.8 Å². The minimum atomic E-state index is -0.719. The molecule has 8 atom stereocenters. The molecule has 2 fully saturated rings. The maximum atomic E-state index is 10.6. The summed E-state index contributed by atoms with van der Waals surface area (Å²) in [5.41, 5.74) is 0. The molecule has 0 aliphatic carbocycles. The van der Waals surface area contributed by atoms with Gasteiger partial charge in [0.1, 0.15) is 0 Å². The Morgan fingerprint density at radius 2 is 1.88 bits per heavy atom. The van der Waals surface area contributed by atoms with Crippen LogP contribution in [0.15, 0.2) is 0 Å². The molecule has 2 rings (SSSR count). The molecule has 5 heteroatoms. The van der Waals surface area contributed by atoms with Crippen molar-refractivity contribution >= 4 is 0 Å². The summed E-state index contributed by atoms with van der Waals surface area (Å²) in [7, 11) is 0. The number of ether oxygens (including phenoxy) is 2. The van der Waals surface area contributed by atoms with Crippen LogP contribution in [0.5, 0.6) is 0 Å². The summed E-state index contributed by atoms with van der Waals surface area (Å²) in [6.45, 7) is 8.29. The second kappa shape index (κ2) is 9.14. The van der Waals surface area contributed by atoms with Crippen LogP contribution >= 0.6 is 0 Å². The van der Waals surface area contributed by atoms with Gasteiger partial charge in [-0.1, -0.05) is 27.2 Å². The van der Waals surface area contributed by atoms with Crippen molar-refractivity contribution in [1.29, 1.82) is 0 Å². The summed E-state index contributed by atoms with van der Waals surface area (Å²) in [5, 5.41) is 29.8. The minimum absolute atomic E-state index is 0.0316. The quantitative estimate of drug-likeness (QED) is 0.652. The summed E-state index contributed by atoms with van der Waals surface area (Å²) in [4.78, 5) is 0. The molecule has 1 spiro atoms. The molecule has 0 aromatic heterocycles. The highest BCUT2D eigenvalue weighted by Crippen LogP contribution is 2.44. The van der Waals surface area contributed by atoms with Gasteiger partial charge in [0.05, 0.1) is 24.4 Å². The molecular formula is C20H38O5. The van der Waals surface area contributed by atoms with E-state index in [1.54, 1.807) is 6.92 Å². The van der Waals surface area contributed by atoms with Crippen molar-refractivity contribution in [3.05, 3.63) is 0 Å². The second-order valence-electron chi connectivity index (χ2n) is 8.49. The first-order valence-electron chi connectivity index (χ1n) is 10.1. The van der Waals surface area contributed by atoms with Crippen LogP contribution < -0.4 is 0 Å². The highest BCUT2D eigenvalue weighted by molar-refractivity contribution is 4.92. The number of hydrogen-bond acceptors (Lipinski definition) is 5. The zero-order valence-electron chi connectivity index (χ0n) is 16.4. The highest BCUT2D eigenvalue weighted by atomic mass is 16.7. The van der Waals surface area contributed by atoms with Crippen molar-refractivity contribution < 1.29 is 24.8 Å². The topological polar surface area (TPSA) is 79.2 Å². The molecule has 0 radical (unpaired) electrons. The van der Waals surface area contributed by atoms with Gasteiger partial charge in [-0.2, -0.15) is 0 Å². The fourth-order valence-corrected chi connectivity index (χ4v) is 4.27. The number of aliphatic hydroxyl groups excluding tert-OH is 3. The smallest absolute Gasteiger partial charge is 0.171 e. The van der Waals surface area contributed by atoms with Crippen LogP contribution in [0.25, 0.3) is 0 Å². The zero-order chi connectivity index (χ0) is 18.6. The van der Waals surface area contributed by atoms with E-state index in [1.807, 2.05) is 6.92 Å². The first kappa shape index (κ1) is 21.1. The van der Waals surface area contributed by atoms with Gasteiger partial charge in [-0.25, -0.2) is 0 Å². The third kappa shape index (κ3) is 5.39. The molecule has 2 aliphatic rings. The highest BCUT2D eigenvalue weighted by Gasteiger charge is 2.49. The van der Waals surface area contributed by atoms with Crippen LogP contribution in [0.4, 0.5) is 0 Å². The van der Waals surface area contributed by atoms with Crippen LogP contribution in [0, 0.1) is 17.8 Å². The third-order valence-electron chi connectivity index (χ3n) is 6.33. The molecule has 0 bridgehead atoms. The van der Waals surface area contributed by atoms with Gasteiger partial charge in [-0.05, 0) is 44.4 Å². The maximum Gasteiger partial charge on any atom is 0.171 e. The van der Waals surface area contributed by atoms with Gasteiger partial charge in [-0.3, -0.25) is 0 Å². The van der Waals surface area contributed by atoms with E-state index in [-0.39, 0.29) is 24.7 Å². The summed E-state index contributed by atoms with van der Waals surface area (Å²) in [6.07, 6.45) is 4.65. The molecule has 0 amide bonds. The van der Waals surface area contributed by atoms with Crippen LogP contribution in [0.1, 0.15) is 72.6 Å². The van der Waals surface area contributed by atoms with E-state index < -0.39 is 18.0 Å². The lowest BCUT2D eigenvalue weighted by molar-refractivity contribution is -0.347. The molecule has 3 N–H and O–H groups in total. The van der Waals surface area contributed by atoms with E-state index in [0.717, 1.165) is 32.1 Å². The Labute approximate surface area is 152 Å². The van der Waals surface area contributed by atoms with Gasteiger partial charge in [0.25, 0.3) is 0 Å². The molecule has 2 heterocycles. The summed E-state index contributed by atoms with van der Waals surface area (Å²) in [5.74, 6) is 0.0302. The van der Waals surface area contributed by atoms with Crippen molar-refractivity contribution in [2.75, 3.05) is 6.61 Å². The average molecular weight is 359 g/mol. The van der Waals surface area contributed by atoms with Gasteiger partial charge >= 0.3 is 0 Å². The van der Waals surface area contributed by atoms with E-state index in [9.17, 15) is 15.3 Å². The normalized spacial score (nSPS) is 41.6. The van der Waals surface area contributed by atoms with Crippen molar-refractivity contribution in [1.82, 2.24) is 0 Å². The van der Waals surface area contributed by atoms with Gasteiger partial charge in [-0.15, -0.1) is 0 Å². The summed E-state index contributed by atoms with van der Waals surface area (Å²) < 4.78 is 12.8. The molecule has 2 aliphatic heterocycles. The molecule has 0 aromatic rings. The predicted molar refractivity (Wildman–Crippen MR) is 97.1 cm³/mol. The minimum Gasteiger partial charge on any atom is -0.396 e. The van der Waals surface area contributed by atoms with E-state index in [1.165, 1.54) is 0 Å². The molecule has 2 saturated heterocycles. The summed E-state index contributed by atoms with van der Waals surface area (Å²) in [6, 6.07) is 0. The fraction of sp³-hybridized carbons (Fsp3) is 1.00. The number of hydrogen-bond donors (Lipinski definition) is 3. The lowest BCUT2D eigenvalue weighted by Gasteiger charge is -2.51. The van der Waals surface area contributed by atoms with E-state index in [4.69, 9.17) is 9.47 Å². The Kier molecular flexibility index (Phi) is 7.71. The monoisotopic (exact) mass is 358 g/mol. The number of aliphatic hydroxyl groups is 3. The molecule has 5 nitrogen and oxygen atoms in total. The molecular weight excluding hydrogens is 320 g/mol. The third-order valence-corrected chi connectivity index (χ3v) is 6.33. The van der Waals surface area contributed by atoms with Crippen LogP contribution in [0.2, 0.25) is 0 Å². The average Bonchev–Trinajstić information content (AvgIpc) is 2.56. The maximum absolute atomic E-state index is 10.6. The SMILES string of the molecule is CC[C@@H](CO)CC[C@@H]1O[C@]2(CC[C@H](C)[C@H](C[C@@H](C)O)O2)C[C@H](O)[C@@H]1C. The van der Waals surface area contributed by atoms with Crippen LogP contribution in [0.3, 0.4) is 0 Å². The molecule has 25 heavy (non-hydrogen) atoms. The Balaban J connectivity index is 2.04. The Morgan fingerprint density at radius 1 is 1.20 bits per heavy atom. The Hall–Kier alpha value is -0.200. The van der Waals surface area contributed by atoms with Crippen LogP contribution in [-0.2, 0) is 9.47 Å². The predicted octanol–water partition coefficient (Wildman–Crippen LogP) is 2.85. The fourth-order valence-electron chi connectivity index (χ4n) is 4.27. The number of rotatable bonds is 7. The van der Waals surface area contributed by atoms with E-state index >= 15 is 0 Å². The molecule has 0 saturated carbocycles. The van der Waals surface area contributed by atoms with E-state index in [0.29, 0.717) is 24.7 Å². The lowest BCUT2D eigenvalue weighted by atomic mass is 9.80. The first-order valence-corrected chi connectivity index (χ1v) is 10.1. The second-order valence-corrected chi connectivity index (χ2v) is 8.49. The van der Waals surface area contributed by atoms with Gasteiger partial charge in [0, 0.05) is 25.4 Å². The lowest BCUT2D eigenvalue weighted by Crippen LogP contribution is -2.56. The molecule has 148 valence electrons. The van der Waals surface area contributed by atoms with Crippen LogP contribution in [-0.4, -0.2) is 52.1 Å². The van der Waals surface area contributed by atoms with Crippen molar-refractivity contribution in [3.63, 3.8) is 0 Å². The standard InChI is InChI=1S/C20H38O5/c1-5-16(12-21)6-7-18-15(4)17(23)11-20(24-18)9-8-13(2)19(25-20)10-14(3)22/h13-19,21-23H,5-12H2,1-4H3/t13-,14+,15-,16+,17-,18-,19-,20-/m0/s1. The molecule has 0 aromatic carbocycles. The van der Waals surface area contributed by atoms with Crippen molar-refractivity contribution in [2.45, 2.75) is 103 Å². The largest absolute Gasteiger partial charge is 0.396 e. The first-order chi connectivity index (χ1) is 11.8. The van der Waals surface area contributed by atoms with Crippen molar-refractivity contribution in [2.24, 2.45) is 17.8 Å². The zero-order valence-corrected chi connectivity index (χ0v) is 16.4. The van der Waals surface area contributed by atoms with Gasteiger partial charge < -0.3 is 24.8 Å². The van der Waals surface area contributed by atoms with Gasteiger partial charge in [0.2, 0.25) is 0 Å². The van der Waals surface area contributed by atoms with Crippen molar-refractivity contribution in [3.8, 4) is 0 Å². The van der Waals surface area contributed by atoms with Gasteiger partial charge in [0.15, 0.2) is 5.79 Å². The summed E-state index contributed by atoms with van der Waals surface area (Å²) >= 11 is 0. The molecule has 0 unspecified atom stereocenters. The Bertz CT molecular complexity index is 398. The Morgan fingerprint density at radius 3 is 2.48 bits per heavy atom.